The van der Waals surface area contributed by atoms with Crippen molar-refractivity contribution in [2.45, 2.75) is 51.2 Å². The zero-order valence-electron chi connectivity index (χ0n) is 11.0. The Morgan fingerprint density at radius 3 is 1.45 bits per heavy atom. The Labute approximate surface area is 110 Å². The Balaban J connectivity index is 6.02. The SMILES string of the molecule is CC(=O)OC(C(=O)NC(C)(C)C)(C(F)(F)F)C(F)(F)F. The first kappa shape index (κ1) is 18.5. The average Bonchev–Trinajstić information content (AvgIpc) is 2.05. The zero-order chi connectivity index (χ0) is 16.6. The van der Waals surface area contributed by atoms with E-state index in [9.17, 15) is 35.9 Å². The number of hydrogen-bond donors (Lipinski definition) is 1. The lowest BCUT2D eigenvalue weighted by atomic mass is 9.98. The largest absolute Gasteiger partial charge is 0.447 e. The van der Waals surface area contributed by atoms with Crippen LogP contribution in [0.4, 0.5) is 26.3 Å². The van der Waals surface area contributed by atoms with Crippen LogP contribution in [0.3, 0.4) is 0 Å². The first-order chi connectivity index (χ1) is 8.54. The molecule has 0 spiro atoms. The Kier molecular flexibility index (Phi) is 4.75. The van der Waals surface area contributed by atoms with Gasteiger partial charge in [-0.3, -0.25) is 9.59 Å². The smallest absolute Gasteiger partial charge is 0.431 e. The summed E-state index contributed by atoms with van der Waals surface area (Å²) in [5.41, 5.74) is -6.63. The second-order valence-corrected chi connectivity index (χ2v) is 4.97. The van der Waals surface area contributed by atoms with E-state index in [1.54, 1.807) is 0 Å². The molecule has 0 aliphatic carbocycles. The number of rotatable bonds is 2. The number of amides is 1. The van der Waals surface area contributed by atoms with Gasteiger partial charge in [0, 0.05) is 12.5 Å². The number of carbonyl (C=O) groups excluding carboxylic acids is 2. The molecule has 0 saturated heterocycles. The molecule has 0 atom stereocenters. The first-order valence-corrected chi connectivity index (χ1v) is 5.20. The molecule has 1 amide bonds. The highest BCUT2D eigenvalue weighted by atomic mass is 19.4. The number of nitrogens with one attached hydrogen (secondary N) is 1. The fraction of sp³-hybridized carbons (Fsp3) is 0.800. The van der Waals surface area contributed by atoms with Crippen molar-refractivity contribution in [2.75, 3.05) is 0 Å². The molecular weight excluding hydrogens is 296 g/mol. The molecule has 0 radical (unpaired) electrons. The molecule has 0 aromatic carbocycles. The standard InChI is InChI=1S/C10H13F6NO3/c1-5(18)20-8(9(11,12)13,10(14,15)16)6(19)17-7(2,3)4/h1-4H3,(H,17,19). The maximum Gasteiger partial charge on any atom is 0.447 e. The Bertz CT molecular complexity index is 379. The predicted molar refractivity (Wildman–Crippen MR) is 54.5 cm³/mol. The van der Waals surface area contributed by atoms with E-state index in [-0.39, 0.29) is 0 Å². The minimum atomic E-state index is -6.16. The fourth-order valence-electron chi connectivity index (χ4n) is 1.22. The van der Waals surface area contributed by atoms with E-state index in [0.29, 0.717) is 6.92 Å². The van der Waals surface area contributed by atoms with E-state index in [1.807, 2.05) is 0 Å². The van der Waals surface area contributed by atoms with Crippen molar-refractivity contribution in [3.05, 3.63) is 0 Å². The minimum absolute atomic E-state index is 0.344. The number of halogens is 6. The van der Waals surface area contributed by atoms with Crippen molar-refractivity contribution >= 4 is 11.9 Å². The Hall–Kier alpha value is -1.48. The van der Waals surface area contributed by atoms with Gasteiger partial charge in [-0.05, 0) is 20.8 Å². The second-order valence-electron chi connectivity index (χ2n) is 4.97. The van der Waals surface area contributed by atoms with E-state index >= 15 is 0 Å². The topological polar surface area (TPSA) is 55.4 Å². The van der Waals surface area contributed by atoms with Gasteiger partial charge in [-0.2, -0.15) is 26.3 Å². The molecule has 0 aliphatic heterocycles. The highest BCUT2D eigenvalue weighted by Crippen LogP contribution is 2.46. The van der Waals surface area contributed by atoms with Crippen LogP contribution in [0.25, 0.3) is 0 Å². The molecule has 10 heteroatoms. The van der Waals surface area contributed by atoms with Crippen LogP contribution in [-0.2, 0) is 14.3 Å². The van der Waals surface area contributed by atoms with Crippen molar-refractivity contribution in [2.24, 2.45) is 0 Å². The van der Waals surface area contributed by atoms with Crippen LogP contribution in [0.15, 0.2) is 0 Å². The molecule has 20 heavy (non-hydrogen) atoms. The van der Waals surface area contributed by atoms with Crippen molar-refractivity contribution in [1.29, 1.82) is 0 Å². The maximum atomic E-state index is 12.8. The summed E-state index contributed by atoms with van der Waals surface area (Å²) in [6.45, 7) is 3.87. The lowest BCUT2D eigenvalue weighted by Crippen LogP contribution is -2.69. The summed E-state index contributed by atoms with van der Waals surface area (Å²) in [5, 5.41) is 1.52. The third-order valence-electron chi connectivity index (χ3n) is 1.90. The van der Waals surface area contributed by atoms with Gasteiger partial charge in [0.2, 0.25) is 0 Å². The summed E-state index contributed by atoms with van der Waals surface area (Å²) in [6.07, 6.45) is -12.3. The van der Waals surface area contributed by atoms with Crippen molar-refractivity contribution in [3.8, 4) is 0 Å². The van der Waals surface area contributed by atoms with Crippen LogP contribution < -0.4 is 5.32 Å². The summed E-state index contributed by atoms with van der Waals surface area (Å²) in [4.78, 5) is 22.1. The van der Waals surface area contributed by atoms with Gasteiger partial charge in [0.1, 0.15) is 0 Å². The highest BCUT2D eigenvalue weighted by molar-refractivity contribution is 5.90. The van der Waals surface area contributed by atoms with Crippen LogP contribution in [0.5, 0.6) is 0 Å². The third-order valence-corrected chi connectivity index (χ3v) is 1.90. The Morgan fingerprint density at radius 2 is 1.25 bits per heavy atom. The Morgan fingerprint density at radius 1 is 0.900 bits per heavy atom. The second kappa shape index (κ2) is 5.13. The number of hydrogen-bond acceptors (Lipinski definition) is 3. The van der Waals surface area contributed by atoms with Gasteiger partial charge in [-0.15, -0.1) is 0 Å². The average molecular weight is 309 g/mol. The molecule has 0 heterocycles. The maximum absolute atomic E-state index is 12.8. The van der Waals surface area contributed by atoms with E-state index in [4.69, 9.17) is 0 Å². The quantitative estimate of drug-likeness (QED) is 0.629. The highest BCUT2D eigenvalue weighted by Gasteiger charge is 2.79. The molecule has 1 N–H and O–H groups in total. The van der Waals surface area contributed by atoms with Gasteiger partial charge in [-0.1, -0.05) is 0 Å². The molecule has 0 fully saturated rings. The zero-order valence-corrected chi connectivity index (χ0v) is 11.0. The van der Waals surface area contributed by atoms with Crippen LogP contribution in [0, 0.1) is 0 Å². The molecule has 0 aromatic heterocycles. The van der Waals surface area contributed by atoms with Gasteiger partial charge >= 0.3 is 23.9 Å². The van der Waals surface area contributed by atoms with Crippen LogP contribution in [-0.4, -0.2) is 35.4 Å². The summed E-state index contributed by atoms with van der Waals surface area (Å²) >= 11 is 0. The van der Waals surface area contributed by atoms with Gasteiger partial charge in [0.05, 0.1) is 0 Å². The monoisotopic (exact) mass is 309 g/mol. The van der Waals surface area contributed by atoms with Crippen LogP contribution in [0.2, 0.25) is 0 Å². The van der Waals surface area contributed by atoms with E-state index < -0.39 is 35.4 Å². The number of ether oxygens (including phenoxy) is 1. The summed E-state index contributed by atoms with van der Waals surface area (Å²) < 4.78 is 80.2. The number of alkyl halides is 6. The molecule has 0 aromatic rings. The molecule has 0 saturated carbocycles. The van der Waals surface area contributed by atoms with Crippen LogP contribution >= 0.6 is 0 Å². The molecule has 0 rings (SSSR count). The normalized spacial score (nSPS) is 13.9. The minimum Gasteiger partial charge on any atom is -0.431 e. The van der Waals surface area contributed by atoms with Crippen molar-refractivity contribution in [1.82, 2.24) is 5.32 Å². The van der Waals surface area contributed by atoms with E-state index in [2.05, 4.69) is 4.74 Å². The number of esters is 1. The van der Waals surface area contributed by atoms with Crippen LogP contribution in [0.1, 0.15) is 27.7 Å². The lowest BCUT2D eigenvalue weighted by Gasteiger charge is -2.36. The van der Waals surface area contributed by atoms with Gasteiger partial charge < -0.3 is 10.1 Å². The fourth-order valence-corrected chi connectivity index (χ4v) is 1.22. The number of carbonyl (C=O) groups is 2. The van der Waals surface area contributed by atoms with Crippen molar-refractivity contribution < 1.29 is 40.7 Å². The first-order valence-electron chi connectivity index (χ1n) is 5.20. The van der Waals surface area contributed by atoms with Crippen molar-refractivity contribution in [3.63, 3.8) is 0 Å². The van der Waals surface area contributed by atoms with E-state index in [1.165, 1.54) is 26.1 Å². The molecule has 0 aliphatic rings. The lowest BCUT2D eigenvalue weighted by molar-refractivity contribution is -0.352. The van der Waals surface area contributed by atoms with Gasteiger partial charge in [0.25, 0.3) is 5.91 Å². The molecular formula is C10H13F6NO3. The summed E-state index contributed by atoms with van der Waals surface area (Å²) in [7, 11) is 0. The van der Waals surface area contributed by atoms with Gasteiger partial charge in [-0.25, -0.2) is 0 Å². The molecule has 0 unspecified atom stereocenters. The molecule has 0 bridgehead atoms. The summed E-state index contributed by atoms with van der Waals surface area (Å²) in [5.74, 6) is -4.39. The predicted octanol–water partition coefficient (Wildman–Crippen LogP) is 2.33. The summed E-state index contributed by atoms with van der Waals surface area (Å²) in [6, 6.07) is 0. The van der Waals surface area contributed by atoms with Gasteiger partial charge in [0.15, 0.2) is 0 Å². The third kappa shape index (κ3) is 3.76. The molecule has 118 valence electrons. The molecule has 4 nitrogen and oxygen atoms in total. The van der Waals surface area contributed by atoms with E-state index in [0.717, 1.165) is 0 Å².